The van der Waals surface area contributed by atoms with Gasteiger partial charge in [0.2, 0.25) is 10.4 Å². The summed E-state index contributed by atoms with van der Waals surface area (Å²) in [6, 6.07) is 0. The fourth-order valence-electron chi connectivity index (χ4n) is 0.206. The molecule has 0 aromatic carbocycles. The predicted octanol–water partition coefficient (Wildman–Crippen LogP) is -0.937. The first-order chi connectivity index (χ1) is 4.45. The molecule has 1 N–H and O–H groups in total. The van der Waals surface area contributed by atoms with Gasteiger partial charge in [0.15, 0.2) is 0 Å². The average Bonchev–Trinajstić information content (AvgIpc) is 1.81. The first-order valence-corrected chi connectivity index (χ1v) is 4.17. The molecule has 0 aromatic heterocycles. The van der Waals surface area contributed by atoms with Crippen LogP contribution in [-0.4, -0.2) is 36.7 Å². The van der Waals surface area contributed by atoms with E-state index >= 15 is 0 Å². The Labute approximate surface area is 63.5 Å². The van der Waals surface area contributed by atoms with Crippen molar-refractivity contribution in [3.05, 3.63) is 0 Å². The fourth-order valence-corrected chi connectivity index (χ4v) is 0.619. The molecule has 0 aromatic rings. The van der Waals surface area contributed by atoms with Crippen molar-refractivity contribution in [2.45, 2.75) is 6.10 Å². The maximum absolute atomic E-state index is 9.72. The summed E-state index contributed by atoms with van der Waals surface area (Å²) in [6.07, 6.45) is -1.12. The van der Waals surface area contributed by atoms with Crippen LogP contribution >= 0.6 is 11.6 Å². The van der Waals surface area contributed by atoms with Gasteiger partial charge in [0.25, 0.3) is 0 Å². The van der Waals surface area contributed by atoms with Gasteiger partial charge in [0, 0.05) is 0 Å². The van der Waals surface area contributed by atoms with E-state index in [4.69, 9.17) is 16.7 Å². The van der Waals surface area contributed by atoms with E-state index in [1.807, 2.05) is 0 Å². The minimum absolute atomic E-state index is 0.171. The van der Waals surface area contributed by atoms with Crippen molar-refractivity contribution in [2.24, 2.45) is 0 Å². The number of aliphatic hydroxyl groups is 1. The standard InChI is InChI=1S/C3H7ClO5S/c4-1-3(5)2-9-10(6,7)8/h3,5H,1-2H2,(H,6,7,8)/p-1. The molecular formula is C3H6ClO5S-. The van der Waals surface area contributed by atoms with E-state index in [0.29, 0.717) is 0 Å². The van der Waals surface area contributed by atoms with Crippen molar-refractivity contribution in [2.75, 3.05) is 12.5 Å². The minimum Gasteiger partial charge on any atom is -0.726 e. The summed E-state index contributed by atoms with van der Waals surface area (Å²) in [5, 5.41) is 8.56. The van der Waals surface area contributed by atoms with Gasteiger partial charge in [-0.25, -0.2) is 8.42 Å². The van der Waals surface area contributed by atoms with Gasteiger partial charge < -0.3 is 9.66 Å². The molecule has 0 fully saturated rings. The Morgan fingerprint density at radius 1 is 1.70 bits per heavy atom. The second kappa shape index (κ2) is 4.09. The van der Waals surface area contributed by atoms with Gasteiger partial charge >= 0.3 is 0 Å². The highest BCUT2D eigenvalue weighted by molar-refractivity contribution is 7.80. The summed E-state index contributed by atoms with van der Waals surface area (Å²) < 4.78 is 32.8. The first kappa shape index (κ1) is 10.1. The molecule has 0 aliphatic carbocycles. The second-order valence-corrected chi connectivity index (χ2v) is 2.86. The number of hydrogen-bond acceptors (Lipinski definition) is 5. The number of aliphatic hydroxyl groups excluding tert-OH is 1. The molecule has 0 heterocycles. The fraction of sp³-hybridized carbons (Fsp3) is 1.00. The van der Waals surface area contributed by atoms with Crippen LogP contribution in [-0.2, 0) is 14.6 Å². The smallest absolute Gasteiger partial charge is 0.217 e. The second-order valence-electron chi connectivity index (χ2n) is 1.50. The van der Waals surface area contributed by atoms with Crippen LogP contribution in [0.15, 0.2) is 0 Å². The third kappa shape index (κ3) is 6.24. The van der Waals surface area contributed by atoms with Crippen LogP contribution < -0.4 is 0 Å². The zero-order valence-electron chi connectivity index (χ0n) is 4.86. The van der Waals surface area contributed by atoms with Crippen LogP contribution in [0.25, 0.3) is 0 Å². The molecular weight excluding hydrogens is 184 g/mol. The van der Waals surface area contributed by atoms with Crippen LogP contribution in [0.4, 0.5) is 0 Å². The van der Waals surface area contributed by atoms with Gasteiger partial charge in [-0.05, 0) is 0 Å². The lowest BCUT2D eigenvalue weighted by molar-refractivity contribution is 0.118. The van der Waals surface area contributed by atoms with E-state index in [2.05, 4.69) is 4.18 Å². The van der Waals surface area contributed by atoms with Crippen LogP contribution in [0.3, 0.4) is 0 Å². The van der Waals surface area contributed by atoms with Crippen LogP contribution in [0.5, 0.6) is 0 Å². The molecule has 1 atom stereocenters. The predicted molar refractivity (Wildman–Crippen MR) is 32.4 cm³/mol. The number of rotatable bonds is 4. The normalized spacial score (nSPS) is 15.1. The van der Waals surface area contributed by atoms with Crippen molar-refractivity contribution >= 4 is 22.0 Å². The molecule has 1 unspecified atom stereocenters. The van der Waals surface area contributed by atoms with Crippen molar-refractivity contribution in [3.63, 3.8) is 0 Å². The molecule has 0 amide bonds. The highest BCUT2D eigenvalue weighted by atomic mass is 35.5. The van der Waals surface area contributed by atoms with E-state index in [1.165, 1.54) is 0 Å². The van der Waals surface area contributed by atoms with Gasteiger partial charge in [0.1, 0.15) is 0 Å². The Kier molecular flexibility index (Phi) is 4.14. The van der Waals surface area contributed by atoms with E-state index in [-0.39, 0.29) is 5.88 Å². The first-order valence-electron chi connectivity index (χ1n) is 2.30. The molecule has 0 bridgehead atoms. The summed E-state index contributed by atoms with van der Waals surface area (Å²) in [4.78, 5) is 0. The third-order valence-electron chi connectivity index (χ3n) is 0.583. The highest BCUT2D eigenvalue weighted by Crippen LogP contribution is 1.92. The summed E-state index contributed by atoms with van der Waals surface area (Å²) in [7, 11) is -4.70. The average molecular weight is 190 g/mol. The maximum atomic E-state index is 9.72. The summed E-state index contributed by atoms with van der Waals surface area (Å²) in [6.45, 7) is -0.588. The van der Waals surface area contributed by atoms with E-state index < -0.39 is 23.1 Å². The van der Waals surface area contributed by atoms with E-state index in [1.54, 1.807) is 0 Å². The lowest BCUT2D eigenvalue weighted by Crippen LogP contribution is -2.19. The minimum atomic E-state index is -4.70. The molecule has 0 saturated carbocycles. The quantitative estimate of drug-likeness (QED) is 0.351. The van der Waals surface area contributed by atoms with E-state index in [9.17, 15) is 13.0 Å². The van der Waals surface area contributed by atoms with Crippen LogP contribution in [0.1, 0.15) is 0 Å². The maximum Gasteiger partial charge on any atom is 0.217 e. The number of hydrogen-bond donors (Lipinski definition) is 1. The largest absolute Gasteiger partial charge is 0.726 e. The monoisotopic (exact) mass is 189 g/mol. The summed E-state index contributed by atoms with van der Waals surface area (Å²) in [5.74, 6) is -0.171. The Morgan fingerprint density at radius 3 is 2.50 bits per heavy atom. The molecule has 10 heavy (non-hydrogen) atoms. The Morgan fingerprint density at radius 2 is 2.20 bits per heavy atom. The topological polar surface area (TPSA) is 86.7 Å². The highest BCUT2D eigenvalue weighted by Gasteiger charge is 2.03. The zero-order valence-corrected chi connectivity index (χ0v) is 6.43. The molecule has 5 nitrogen and oxygen atoms in total. The van der Waals surface area contributed by atoms with Crippen molar-refractivity contribution in [1.29, 1.82) is 0 Å². The third-order valence-corrected chi connectivity index (χ3v) is 1.36. The molecule has 0 radical (unpaired) electrons. The van der Waals surface area contributed by atoms with Gasteiger partial charge in [-0.1, -0.05) is 0 Å². The number of halogens is 1. The van der Waals surface area contributed by atoms with E-state index in [0.717, 1.165) is 0 Å². The van der Waals surface area contributed by atoms with Gasteiger partial charge in [-0.2, -0.15) is 0 Å². The summed E-state index contributed by atoms with van der Waals surface area (Å²) >= 11 is 5.05. The van der Waals surface area contributed by atoms with Crippen molar-refractivity contribution in [3.8, 4) is 0 Å². The summed E-state index contributed by atoms with van der Waals surface area (Å²) in [5.41, 5.74) is 0. The zero-order chi connectivity index (χ0) is 8.20. The Hall–Kier alpha value is 0.120. The molecule has 0 saturated heterocycles. The molecule has 0 aliphatic heterocycles. The van der Waals surface area contributed by atoms with Crippen molar-refractivity contribution < 1.29 is 22.3 Å². The van der Waals surface area contributed by atoms with Gasteiger partial charge in [-0.15, -0.1) is 11.6 Å². The SMILES string of the molecule is O=S(=O)([O-])OCC(O)CCl. The van der Waals surface area contributed by atoms with Crippen LogP contribution in [0.2, 0.25) is 0 Å². The van der Waals surface area contributed by atoms with Crippen molar-refractivity contribution in [1.82, 2.24) is 0 Å². The van der Waals surface area contributed by atoms with Gasteiger partial charge in [0.05, 0.1) is 18.6 Å². The van der Waals surface area contributed by atoms with Gasteiger partial charge in [-0.3, -0.25) is 4.18 Å². The molecule has 0 spiro atoms. The molecule has 0 aliphatic rings. The lowest BCUT2D eigenvalue weighted by atomic mass is 10.4. The molecule has 7 heteroatoms. The Bertz CT molecular complexity index is 175. The Balaban J connectivity index is 3.56. The lowest BCUT2D eigenvalue weighted by Gasteiger charge is -2.09. The molecule has 62 valence electrons. The molecule has 0 rings (SSSR count). The number of alkyl halides is 1. The van der Waals surface area contributed by atoms with Crippen LogP contribution in [0, 0.1) is 0 Å².